The molecule has 10 nitrogen and oxygen atoms in total. The predicted octanol–water partition coefficient (Wildman–Crippen LogP) is 3.47. The van der Waals surface area contributed by atoms with Crippen molar-refractivity contribution >= 4 is 50.9 Å². The average molecular weight is 513 g/mol. The number of nitrogens with one attached hydrogen (secondary N) is 2. The summed E-state index contributed by atoms with van der Waals surface area (Å²) in [6.07, 6.45) is 0.631. The van der Waals surface area contributed by atoms with Gasteiger partial charge in [-0.15, -0.1) is 11.3 Å². The molecule has 3 amide bonds. The number of fused-ring (bicyclic) bond motifs is 1. The molecular formula is C25H28N4O6S. The molecule has 1 saturated heterocycles. The smallest absolute Gasteiger partial charge is 0.341 e. The first-order chi connectivity index (χ1) is 17.2. The molecular weight excluding hydrogens is 484 g/mol. The van der Waals surface area contributed by atoms with Crippen molar-refractivity contribution in [1.82, 2.24) is 15.1 Å². The summed E-state index contributed by atoms with van der Waals surface area (Å²) in [5, 5.41) is 12.6. The number of benzene rings is 1. The molecule has 1 aliphatic rings. The number of hydrogen-bond donors (Lipinski definition) is 2. The first-order valence-corrected chi connectivity index (χ1v) is 12.6. The molecule has 3 heterocycles. The molecule has 2 N–H and O–H groups in total. The van der Waals surface area contributed by atoms with Gasteiger partial charge in [0.2, 0.25) is 11.8 Å². The number of amides is 3. The molecule has 4 rings (SSSR count). The number of piperidine rings is 1. The van der Waals surface area contributed by atoms with Crippen LogP contribution in [-0.2, 0) is 26.2 Å². The summed E-state index contributed by atoms with van der Waals surface area (Å²) in [6.45, 7) is 5.61. The summed E-state index contributed by atoms with van der Waals surface area (Å²) in [7, 11) is 1.73. The number of imide groups is 1. The summed E-state index contributed by atoms with van der Waals surface area (Å²) in [4.78, 5) is 49.2. The van der Waals surface area contributed by atoms with Crippen molar-refractivity contribution in [2.24, 2.45) is 7.05 Å². The van der Waals surface area contributed by atoms with Crippen molar-refractivity contribution in [2.45, 2.75) is 45.4 Å². The summed E-state index contributed by atoms with van der Waals surface area (Å²) in [5.74, 6) is -1.59. The molecule has 1 aliphatic heterocycles. The third-order valence-electron chi connectivity index (χ3n) is 5.96. The number of esters is 1. The van der Waals surface area contributed by atoms with Gasteiger partial charge in [-0.05, 0) is 36.3 Å². The molecule has 1 unspecified atom stereocenters. The van der Waals surface area contributed by atoms with Gasteiger partial charge in [0.05, 0.1) is 23.8 Å². The molecule has 190 valence electrons. The lowest BCUT2D eigenvalue weighted by atomic mass is 9.93. The van der Waals surface area contributed by atoms with E-state index in [4.69, 9.17) is 9.47 Å². The van der Waals surface area contributed by atoms with E-state index in [2.05, 4.69) is 15.7 Å². The lowest BCUT2D eigenvalue weighted by Crippen LogP contribution is -2.39. The number of ether oxygens (including phenoxy) is 2. The molecule has 11 heteroatoms. The van der Waals surface area contributed by atoms with Crippen molar-refractivity contribution in [2.75, 3.05) is 18.5 Å². The zero-order valence-corrected chi connectivity index (χ0v) is 21.4. The van der Waals surface area contributed by atoms with Crippen LogP contribution in [0.25, 0.3) is 10.9 Å². The number of anilines is 1. The van der Waals surface area contributed by atoms with Crippen molar-refractivity contribution in [3.8, 4) is 5.75 Å². The number of aromatic nitrogens is 2. The van der Waals surface area contributed by atoms with Crippen molar-refractivity contribution in [1.29, 1.82) is 0 Å². The molecule has 2 aromatic heterocycles. The molecule has 0 bridgehead atoms. The van der Waals surface area contributed by atoms with E-state index in [0.29, 0.717) is 39.3 Å². The van der Waals surface area contributed by atoms with Crippen LogP contribution in [0.4, 0.5) is 5.00 Å². The van der Waals surface area contributed by atoms with Gasteiger partial charge in [0, 0.05) is 18.9 Å². The lowest BCUT2D eigenvalue weighted by molar-refractivity contribution is -0.134. The Bertz CT molecular complexity index is 1340. The molecule has 0 spiro atoms. The van der Waals surface area contributed by atoms with E-state index >= 15 is 0 Å². The number of rotatable bonds is 8. The van der Waals surface area contributed by atoms with E-state index in [1.54, 1.807) is 30.8 Å². The Kier molecular flexibility index (Phi) is 7.39. The third-order valence-corrected chi connectivity index (χ3v) is 6.87. The van der Waals surface area contributed by atoms with Crippen LogP contribution in [0.5, 0.6) is 5.75 Å². The molecule has 0 radical (unpaired) electrons. The highest BCUT2D eigenvalue weighted by atomic mass is 32.1. The fourth-order valence-corrected chi connectivity index (χ4v) is 5.39. The summed E-state index contributed by atoms with van der Waals surface area (Å²) < 4.78 is 12.6. The Hall–Kier alpha value is -3.73. The normalized spacial score (nSPS) is 15.8. The Labute approximate surface area is 211 Å². The second-order valence-electron chi connectivity index (χ2n) is 8.77. The SMILES string of the molecule is CCOC(=O)c1c(C(C)C)csc1NC(=O)COc1cccc2c(C3CCC(=O)NC3=O)nn(C)c12. The van der Waals surface area contributed by atoms with Crippen LogP contribution in [0.1, 0.15) is 67.1 Å². The number of carbonyl (C=O) groups excluding carboxylic acids is 4. The number of hydrogen-bond acceptors (Lipinski definition) is 8. The summed E-state index contributed by atoms with van der Waals surface area (Å²) in [6, 6.07) is 5.32. The molecule has 0 aliphatic carbocycles. The highest BCUT2D eigenvalue weighted by Crippen LogP contribution is 2.35. The highest BCUT2D eigenvalue weighted by molar-refractivity contribution is 7.15. The minimum Gasteiger partial charge on any atom is -0.481 e. The number of aryl methyl sites for hydroxylation is 1. The van der Waals surface area contributed by atoms with Gasteiger partial charge in [-0.1, -0.05) is 26.0 Å². The molecule has 1 aromatic carbocycles. The van der Waals surface area contributed by atoms with Crippen molar-refractivity contribution in [3.63, 3.8) is 0 Å². The van der Waals surface area contributed by atoms with E-state index in [9.17, 15) is 19.2 Å². The molecule has 3 aromatic rings. The van der Waals surface area contributed by atoms with E-state index in [1.807, 2.05) is 25.3 Å². The highest BCUT2D eigenvalue weighted by Gasteiger charge is 2.32. The Morgan fingerprint density at radius 2 is 2.08 bits per heavy atom. The molecule has 1 atom stereocenters. The zero-order chi connectivity index (χ0) is 26.0. The minimum absolute atomic E-state index is 0.0866. The van der Waals surface area contributed by atoms with Gasteiger partial charge in [-0.3, -0.25) is 24.4 Å². The maximum absolute atomic E-state index is 12.8. The van der Waals surface area contributed by atoms with Crippen LogP contribution in [0, 0.1) is 0 Å². The number of thiophene rings is 1. The molecule has 1 fully saturated rings. The molecule has 0 saturated carbocycles. The number of para-hydroxylation sites is 1. The van der Waals surface area contributed by atoms with E-state index < -0.39 is 17.8 Å². The fraction of sp³-hybridized carbons (Fsp3) is 0.400. The largest absolute Gasteiger partial charge is 0.481 e. The van der Waals surface area contributed by atoms with Gasteiger partial charge in [-0.25, -0.2) is 4.79 Å². The zero-order valence-electron chi connectivity index (χ0n) is 20.5. The standard InChI is InChI=1S/C25H28N4O6S/c1-5-34-25(33)20-16(13(2)3)12-36-24(20)27-19(31)11-35-17-8-6-7-14-21(28-29(4)22(14)17)15-9-10-18(30)26-23(15)32/h6-8,12-13,15H,5,9-11H2,1-4H3,(H,27,31)(H,26,30,32). The van der Waals surface area contributed by atoms with Crippen LogP contribution in [0.3, 0.4) is 0 Å². The number of nitrogens with zero attached hydrogens (tertiary/aromatic N) is 2. The van der Waals surface area contributed by atoms with Crippen LogP contribution in [0.2, 0.25) is 0 Å². The number of carbonyl (C=O) groups is 4. The van der Waals surface area contributed by atoms with Crippen molar-refractivity contribution in [3.05, 3.63) is 40.4 Å². The van der Waals surface area contributed by atoms with Gasteiger partial charge >= 0.3 is 5.97 Å². The monoisotopic (exact) mass is 512 g/mol. The summed E-state index contributed by atoms with van der Waals surface area (Å²) in [5.41, 5.74) is 2.38. The third kappa shape index (κ3) is 4.97. The van der Waals surface area contributed by atoms with Crippen LogP contribution in [0.15, 0.2) is 23.6 Å². The van der Waals surface area contributed by atoms with Gasteiger partial charge in [0.25, 0.3) is 5.91 Å². The van der Waals surface area contributed by atoms with E-state index in [1.165, 1.54) is 11.3 Å². The van der Waals surface area contributed by atoms with Gasteiger partial charge in [-0.2, -0.15) is 5.10 Å². The van der Waals surface area contributed by atoms with Crippen molar-refractivity contribution < 1.29 is 28.7 Å². The summed E-state index contributed by atoms with van der Waals surface area (Å²) >= 11 is 1.27. The topological polar surface area (TPSA) is 129 Å². The second-order valence-corrected chi connectivity index (χ2v) is 9.65. The van der Waals surface area contributed by atoms with Crippen LogP contribution in [-0.4, -0.2) is 46.7 Å². The fourth-order valence-electron chi connectivity index (χ4n) is 4.26. The van der Waals surface area contributed by atoms with Crippen LogP contribution >= 0.6 is 11.3 Å². The van der Waals surface area contributed by atoms with Gasteiger partial charge in [0.15, 0.2) is 6.61 Å². The first-order valence-electron chi connectivity index (χ1n) is 11.7. The van der Waals surface area contributed by atoms with Gasteiger partial charge < -0.3 is 14.8 Å². The predicted molar refractivity (Wildman–Crippen MR) is 134 cm³/mol. The Morgan fingerprint density at radius 1 is 1.31 bits per heavy atom. The first kappa shape index (κ1) is 25.4. The van der Waals surface area contributed by atoms with E-state index in [0.717, 1.165) is 5.56 Å². The minimum atomic E-state index is -0.541. The Morgan fingerprint density at radius 3 is 2.78 bits per heavy atom. The maximum atomic E-state index is 12.8. The van der Waals surface area contributed by atoms with Crippen LogP contribution < -0.4 is 15.4 Å². The average Bonchev–Trinajstić information content (AvgIpc) is 3.39. The second kappa shape index (κ2) is 10.5. The lowest BCUT2D eigenvalue weighted by Gasteiger charge is -2.19. The quantitative estimate of drug-likeness (QED) is 0.349. The maximum Gasteiger partial charge on any atom is 0.341 e. The Balaban J connectivity index is 1.52. The molecule has 36 heavy (non-hydrogen) atoms. The van der Waals surface area contributed by atoms with Gasteiger partial charge in [0.1, 0.15) is 16.3 Å². The van der Waals surface area contributed by atoms with E-state index in [-0.39, 0.29) is 37.4 Å².